The van der Waals surface area contributed by atoms with Gasteiger partial charge in [0.25, 0.3) is 0 Å². The van der Waals surface area contributed by atoms with Crippen molar-refractivity contribution in [2.45, 2.75) is 85.2 Å². The average molecular weight is 285 g/mol. The number of rotatable bonds is 12. The van der Waals surface area contributed by atoms with E-state index in [4.69, 9.17) is 0 Å². The van der Waals surface area contributed by atoms with Crippen molar-refractivity contribution in [3.63, 3.8) is 0 Å². The first kappa shape index (κ1) is 19.4. The van der Waals surface area contributed by atoms with Crippen molar-refractivity contribution in [1.29, 1.82) is 0 Å². The number of carbonyl (C=O) groups excluding carboxylic acids is 1. The highest BCUT2D eigenvalue weighted by Crippen LogP contribution is 2.21. The third kappa shape index (κ3) is 7.28. The minimum atomic E-state index is -0.466. The summed E-state index contributed by atoms with van der Waals surface area (Å²) in [4.78, 5) is 14.4. The van der Waals surface area contributed by atoms with E-state index in [1.54, 1.807) is 0 Å². The normalized spacial score (nSPS) is 14.1. The zero-order valence-corrected chi connectivity index (χ0v) is 14.0. The molecular weight excluding hydrogens is 250 g/mol. The van der Waals surface area contributed by atoms with Crippen molar-refractivity contribution in [2.24, 2.45) is 5.92 Å². The number of hydrogen-bond acceptors (Lipinski definition) is 2. The Balaban J connectivity index is 4.47. The summed E-state index contributed by atoms with van der Waals surface area (Å²) in [5.41, 5.74) is 0. The van der Waals surface area contributed by atoms with Gasteiger partial charge in [-0.05, 0) is 26.7 Å². The molecule has 0 heterocycles. The maximum atomic E-state index is 12.5. The molecule has 0 aliphatic rings. The summed E-state index contributed by atoms with van der Waals surface area (Å²) in [7, 11) is 0. The molecule has 0 saturated heterocycles. The summed E-state index contributed by atoms with van der Waals surface area (Å²) in [6, 6.07) is 0. The lowest BCUT2D eigenvalue weighted by Crippen LogP contribution is -2.41. The predicted molar refractivity (Wildman–Crippen MR) is 85.7 cm³/mol. The Kier molecular flexibility index (Phi) is 11.8. The second-order valence-corrected chi connectivity index (χ2v) is 5.68. The summed E-state index contributed by atoms with van der Waals surface area (Å²) in [6.45, 7) is 9.80. The van der Waals surface area contributed by atoms with E-state index in [0.717, 1.165) is 51.6 Å². The third-order valence-corrected chi connectivity index (χ3v) is 4.08. The molecule has 0 aromatic carbocycles. The van der Waals surface area contributed by atoms with E-state index in [0.29, 0.717) is 0 Å². The van der Waals surface area contributed by atoms with E-state index in [9.17, 15) is 9.90 Å². The van der Waals surface area contributed by atoms with Gasteiger partial charge in [0.2, 0.25) is 5.91 Å². The number of nitrogens with zero attached hydrogens (tertiary/aromatic N) is 1. The first-order chi connectivity index (χ1) is 9.62. The Labute approximate surface area is 125 Å². The number of amides is 1. The maximum Gasteiger partial charge on any atom is 0.228 e. The van der Waals surface area contributed by atoms with Crippen LogP contribution in [-0.4, -0.2) is 35.1 Å². The van der Waals surface area contributed by atoms with Gasteiger partial charge in [-0.3, -0.25) is 4.79 Å². The quantitative estimate of drug-likeness (QED) is 0.551. The zero-order chi connectivity index (χ0) is 15.4. The molecule has 0 fully saturated rings. The lowest BCUT2D eigenvalue weighted by atomic mass is 9.91. The zero-order valence-electron chi connectivity index (χ0n) is 14.0. The molecule has 2 atom stereocenters. The summed E-state index contributed by atoms with van der Waals surface area (Å²) >= 11 is 0. The Hall–Kier alpha value is -0.570. The molecule has 1 N–H and O–H groups in total. The van der Waals surface area contributed by atoms with E-state index in [-0.39, 0.29) is 11.8 Å². The molecule has 0 aliphatic heterocycles. The molecule has 0 spiro atoms. The Morgan fingerprint density at radius 3 is 2.00 bits per heavy atom. The van der Waals surface area contributed by atoms with Gasteiger partial charge in [0.1, 0.15) is 0 Å². The second kappa shape index (κ2) is 12.2. The van der Waals surface area contributed by atoms with Gasteiger partial charge in [-0.2, -0.15) is 0 Å². The molecule has 20 heavy (non-hydrogen) atoms. The van der Waals surface area contributed by atoms with Crippen LogP contribution in [0.4, 0.5) is 0 Å². The number of hydrogen-bond donors (Lipinski definition) is 1. The van der Waals surface area contributed by atoms with Gasteiger partial charge in [0, 0.05) is 13.1 Å². The topological polar surface area (TPSA) is 40.5 Å². The lowest BCUT2D eigenvalue weighted by molar-refractivity contribution is -0.139. The van der Waals surface area contributed by atoms with Crippen LogP contribution in [0.2, 0.25) is 0 Å². The lowest BCUT2D eigenvalue weighted by Gasteiger charge is -2.28. The van der Waals surface area contributed by atoms with Gasteiger partial charge in [0.15, 0.2) is 0 Å². The first-order valence-electron chi connectivity index (χ1n) is 8.59. The molecule has 0 aromatic rings. The van der Waals surface area contributed by atoms with Crippen LogP contribution < -0.4 is 0 Å². The van der Waals surface area contributed by atoms with Crippen LogP contribution in [0.1, 0.15) is 79.1 Å². The third-order valence-electron chi connectivity index (χ3n) is 4.08. The highest BCUT2D eigenvalue weighted by Gasteiger charge is 2.28. The van der Waals surface area contributed by atoms with E-state index in [1.807, 2.05) is 18.7 Å². The van der Waals surface area contributed by atoms with Crippen molar-refractivity contribution in [2.75, 3.05) is 13.1 Å². The molecule has 1 amide bonds. The molecule has 120 valence electrons. The smallest absolute Gasteiger partial charge is 0.228 e. The molecule has 0 saturated carbocycles. The highest BCUT2D eigenvalue weighted by molar-refractivity contribution is 5.79. The minimum Gasteiger partial charge on any atom is -0.392 e. The summed E-state index contributed by atoms with van der Waals surface area (Å²) in [6.07, 6.45) is 7.82. The van der Waals surface area contributed by atoms with Crippen molar-refractivity contribution in [3.05, 3.63) is 0 Å². The van der Waals surface area contributed by atoms with Gasteiger partial charge < -0.3 is 10.0 Å². The standard InChI is InChI=1S/C17H35NO2/c1-5-9-11-12-14-16(19)15(13-10-6-2)17(20)18(7-3)8-4/h15-16,19H,5-14H2,1-4H3/t15-,16-/m0/s1. The molecule has 0 unspecified atom stereocenters. The molecule has 0 aromatic heterocycles. The monoisotopic (exact) mass is 285 g/mol. The Bertz CT molecular complexity index is 239. The summed E-state index contributed by atoms with van der Waals surface area (Å²) in [5.74, 6) is -0.0529. The van der Waals surface area contributed by atoms with Gasteiger partial charge in [0.05, 0.1) is 12.0 Å². The van der Waals surface area contributed by atoms with Gasteiger partial charge in [-0.1, -0.05) is 52.4 Å². The number of aliphatic hydroxyl groups is 1. The molecule has 3 nitrogen and oxygen atoms in total. The van der Waals surface area contributed by atoms with Crippen LogP contribution in [0.5, 0.6) is 0 Å². The van der Waals surface area contributed by atoms with Crippen LogP contribution in [0.3, 0.4) is 0 Å². The number of unbranched alkanes of at least 4 members (excludes halogenated alkanes) is 4. The maximum absolute atomic E-state index is 12.5. The fraction of sp³-hybridized carbons (Fsp3) is 0.941. The van der Waals surface area contributed by atoms with E-state index in [1.165, 1.54) is 12.8 Å². The predicted octanol–water partition coefficient (Wildman–Crippen LogP) is 3.99. The molecular formula is C17H35NO2. The Morgan fingerprint density at radius 2 is 1.50 bits per heavy atom. The van der Waals surface area contributed by atoms with Gasteiger partial charge in [-0.15, -0.1) is 0 Å². The average Bonchev–Trinajstić information content (AvgIpc) is 2.45. The van der Waals surface area contributed by atoms with Crippen molar-refractivity contribution in [1.82, 2.24) is 4.90 Å². The fourth-order valence-electron chi connectivity index (χ4n) is 2.66. The Morgan fingerprint density at radius 1 is 0.900 bits per heavy atom. The summed E-state index contributed by atoms with van der Waals surface area (Å²) in [5, 5.41) is 10.4. The fourth-order valence-corrected chi connectivity index (χ4v) is 2.66. The number of aliphatic hydroxyl groups excluding tert-OH is 1. The van der Waals surface area contributed by atoms with Crippen LogP contribution in [0.15, 0.2) is 0 Å². The van der Waals surface area contributed by atoms with Crippen molar-refractivity contribution >= 4 is 5.91 Å². The molecule has 0 rings (SSSR count). The second-order valence-electron chi connectivity index (χ2n) is 5.68. The number of carbonyl (C=O) groups is 1. The van der Waals surface area contributed by atoms with Crippen molar-refractivity contribution < 1.29 is 9.90 Å². The van der Waals surface area contributed by atoms with Crippen LogP contribution in [0, 0.1) is 5.92 Å². The molecule has 0 bridgehead atoms. The highest BCUT2D eigenvalue weighted by atomic mass is 16.3. The van der Waals surface area contributed by atoms with Crippen LogP contribution in [-0.2, 0) is 4.79 Å². The molecule has 0 aliphatic carbocycles. The SMILES string of the molecule is CCCCCC[C@H](O)[C@H](CCCC)C(=O)N(CC)CC. The van der Waals surface area contributed by atoms with Gasteiger partial charge in [-0.25, -0.2) is 0 Å². The van der Waals surface area contributed by atoms with Crippen LogP contribution in [0.25, 0.3) is 0 Å². The van der Waals surface area contributed by atoms with E-state index < -0.39 is 6.10 Å². The first-order valence-corrected chi connectivity index (χ1v) is 8.59. The van der Waals surface area contributed by atoms with E-state index >= 15 is 0 Å². The minimum absolute atomic E-state index is 0.145. The van der Waals surface area contributed by atoms with Gasteiger partial charge >= 0.3 is 0 Å². The molecule has 3 heteroatoms. The van der Waals surface area contributed by atoms with Crippen molar-refractivity contribution in [3.8, 4) is 0 Å². The molecule has 0 radical (unpaired) electrons. The summed E-state index contributed by atoms with van der Waals surface area (Å²) < 4.78 is 0. The largest absolute Gasteiger partial charge is 0.392 e. The van der Waals surface area contributed by atoms with Crippen LogP contribution >= 0.6 is 0 Å². The van der Waals surface area contributed by atoms with E-state index in [2.05, 4.69) is 13.8 Å².